The highest BCUT2D eigenvalue weighted by atomic mass is 32.1. The minimum atomic E-state index is 0.804. The van der Waals surface area contributed by atoms with Gasteiger partial charge in [0.25, 0.3) is 0 Å². The van der Waals surface area contributed by atoms with E-state index in [4.69, 9.17) is 4.74 Å². The summed E-state index contributed by atoms with van der Waals surface area (Å²) in [4.78, 5) is 2.84. The van der Waals surface area contributed by atoms with Gasteiger partial charge in [0.2, 0.25) is 0 Å². The van der Waals surface area contributed by atoms with Crippen LogP contribution in [0.3, 0.4) is 0 Å². The molecule has 2 nitrogen and oxygen atoms in total. The lowest BCUT2D eigenvalue weighted by Gasteiger charge is -2.02. The van der Waals surface area contributed by atoms with Gasteiger partial charge < -0.3 is 10.1 Å². The Morgan fingerprint density at radius 1 is 1.43 bits per heavy atom. The highest BCUT2D eigenvalue weighted by molar-refractivity contribution is 7.12. The molecule has 80 valence electrons. The zero-order valence-corrected chi connectivity index (χ0v) is 10.0. The van der Waals surface area contributed by atoms with Crippen LogP contribution in [-0.2, 0) is 11.3 Å². The molecule has 0 bridgehead atoms. The van der Waals surface area contributed by atoms with E-state index in [-0.39, 0.29) is 0 Å². The first-order chi connectivity index (χ1) is 6.74. The topological polar surface area (TPSA) is 21.3 Å². The third-order valence-corrected chi connectivity index (χ3v) is 3.30. The lowest BCUT2D eigenvalue weighted by atomic mass is 10.3. The van der Waals surface area contributed by atoms with Crippen molar-refractivity contribution in [2.45, 2.75) is 27.3 Å². The van der Waals surface area contributed by atoms with Gasteiger partial charge >= 0.3 is 0 Å². The van der Waals surface area contributed by atoms with Gasteiger partial charge in [-0.1, -0.05) is 0 Å². The average molecular weight is 213 g/mol. The zero-order chi connectivity index (χ0) is 10.4. The van der Waals surface area contributed by atoms with Crippen LogP contribution in [0.1, 0.15) is 22.2 Å². The van der Waals surface area contributed by atoms with E-state index >= 15 is 0 Å². The number of aryl methyl sites for hydroxylation is 2. The molecule has 1 N–H and O–H groups in total. The maximum atomic E-state index is 5.24. The Kier molecular flexibility index (Phi) is 5.15. The smallest absolute Gasteiger partial charge is 0.0590 e. The van der Waals surface area contributed by atoms with Crippen molar-refractivity contribution in [3.63, 3.8) is 0 Å². The van der Waals surface area contributed by atoms with E-state index in [1.54, 1.807) is 0 Å². The van der Waals surface area contributed by atoms with Crippen molar-refractivity contribution in [1.82, 2.24) is 5.32 Å². The van der Waals surface area contributed by atoms with Crippen molar-refractivity contribution < 1.29 is 4.74 Å². The standard InChI is InChI=1S/C11H19NOS/c1-4-13-6-5-12-8-11-7-9(2)10(3)14-11/h7,12H,4-6,8H2,1-3H3. The monoisotopic (exact) mass is 213 g/mol. The van der Waals surface area contributed by atoms with E-state index in [9.17, 15) is 0 Å². The van der Waals surface area contributed by atoms with Gasteiger partial charge in [0, 0.05) is 29.5 Å². The molecule has 1 aromatic rings. The molecule has 14 heavy (non-hydrogen) atoms. The molecular weight excluding hydrogens is 194 g/mol. The predicted molar refractivity (Wildman–Crippen MR) is 62.0 cm³/mol. The highest BCUT2D eigenvalue weighted by Gasteiger charge is 2.00. The summed E-state index contributed by atoms with van der Waals surface area (Å²) in [6, 6.07) is 2.26. The average Bonchev–Trinajstić information content (AvgIpc) is 2.46. The van der Waals surface area contributed by atoms with Crippen molar-refractivity contribution >= 4 is 11.3 Å². The number of hydrogen-bond donors (Lipinski definition) is 1. The Bertz CT molecular complexity index is 251. The van der Waals surface area contributed by atoms with Crippen molar-refractivity contribution in [3.8, 4) is 0 Å². The molecule has 0 atom stereocenters. The third kappa shape index (κ3) is 3.78. The fourth-order valence-corrected chi connectivity index (χ4v) is 2.26. The number of ether oxygens (including phenoxy) is 1. The molecule has 0 saturated heterocycles. The van der Waals surface area contributed by atoms with Gasteiger partial charge in [-0.15, -0.1) is 11.3 Å². The minimum absolute atomic E-state index is 0.804. The van der Waals surface area contributed by atoms with Gasteiger partial charge in [0.15, 0.2) is 0 Å². The Labute approximate surface area is 90.3 Å². The van der Waals surface area contributed by atoms with Crippen LogP contribution in [0.15, 0.2) is 6.07 Å². The second-order valence-electron chi connectivity index (χ2n) is 3.33. The van der Waals surface area contributed by atoms with Crippen molar-refractivity contribution in [3.05, 3.63) is 21.4 Å². The SMILES string of the molecule is CCOCCNCc1cc(C)c(C)s1. The molecule has 0 unspecified atom stereocenters. The van der Waals surface area contributed by atoms with Crippen molar-refractivity contribution in [1.29, 1.82) is 0 Å². The molecule has 0 aliphatic carbocycles. The fourth-order valence-electron chi connectivity index (χ4n) is 1.24. The van der Waals surface area contributed by atoms with Gasteiger partial charge in [-0.25, -0.2) is 0 Å². The van der Waals surface area contributed by atoms with E-state index in [0.29, 0.717) is 0 Å². The summed E-state index contributed by atoms with van der Waals surface area (Å²) in [6.45, 7) is 9.86. The number of hydrogen-bond acceptors (Lipinski definition) is 3. The van der Waals surface area contributed by atoms with E-state index in [1.165, 1.54) is 15.3 Å². The Morgan fingerprint density at radius 3 is 2.79 bits per heavy atom. The van der Waals surface area contributed by atoms with Crippen molar-refractivity contribution in [2.24, 2.45) is 0 Å². The largest absolute Gasteiger partial charge is 0.380 e. The molecular formula is C11H19NOS. The number of nitrogens with one attached hydrogen (secondary N) is 1. The molecule has 0 amide bonds. The summed E-state index contributed by atoms with van der Waals surface area (Å²) in [5.41, 5.74) is 1.40. The molecule has 3 heteroatoms. The molecule has 1 aromatic heterocycles. The summed E-state index contributed by atoms with van der Waals surface area (Å²) >= 11 is 1.87. The van der Waals surface area contributed by atoms with Gasteiger partial charge in [0.05, 0.1) is 6.61 Å². The second-order valence-corrected chi connectivity index (χ2v) is 4.67. The molecule has 0 radical (unpaired) electrons. The molecule has 0 aromatic carbocycles. The van der Waals surface area contributed by atoms with Crippen LogP contribution in [-0.4, -0.2) is 19.8 Å². The lowest BCUT2D eigenvalue weighted by Crippen LogP contribution is -2.18. The van der Waals surface area contributed by atoms with E-state index in [2.05, 4.69) is 25.2 Å². The van der Waals surface area contributed by atoms with Crippen LogP contribution in [0.25, 0.3) is 0 Å². The quantitative estimate of drug-likeness (QED) is 0.733. The summed E-state index contributed by atoms with van der Waals surface area (Å²) in [5.74, 6) is 0. The van der Waals surface area contributed by atoms with Crippen LogP contribution in [0.4, 0.5) is 0 Å². The van der Waals surface area contributed by atoms with Gasteiger partial charge in [-0.05, 0) is 32.4 Å². The van der Waals surface area contributed by atoms with Crippen LogP contribution in [0, 0.1) is 13.8 Å². The zero-order valence-electron chi connectivity index (χ0n) is 9.22. The van der Waals surface area contributed by atoms with Gasteiger partial charge in [-0.2, -0.15) is 0 Å². The number of thiophene rings is 1. The third-order valence-electron chi connectivity index (χ3n) is 2.14. The molecule has 0 saturated carbocycles. The fraction of sp³-hybridized carbons (Fsp3) is 0.636. The van der Waals surface area contributed by atoms with Crippen LogP contribution in [0.5, 0.6) is 0 Å². The molecule has 0 aliphatic rings. The first-order valence-corrected chi connectivity index (χ1v) is 5.90. The molecule has 1 rings (SSSR count). The van der Waals surface area contributed by atoms with Crippen LogP contribution >= 0.6 is 11.3 Å². The van der Waals surface area contributed by atoms with Crippen molar-refractivity contribution in [2.75, 3.05) is 19.8 Å². The van der Waals surface area contributed by atoms with Crippen LogP contribution < -0.4 is 5.32 Å². The second kappa shape index (κ2) is 6.17. The summed E-state index contributed by atoms with van der Waals surface area (Å²) in [6.07, 6.45) is 0. The Balaban J connectivity index is 2.18. The molecule has 0 fully saturated rings. The lowest BCUT2D eigenvalue weighted by molar-refractivity contribution is 0.149. The van der Waals surface area contributed by atoms with E-state index < -0.39 is 0 Å². The maximum Gasteiger partial charge on any atom is 0.0590 e. The minimum Gasteiger partial charge on any atom is -0.380 e. The van der Waals surface area contributed by atoms with Gasteiger partial charge in [0.1, 0.15) is 0 Å². The first-order valence-electron chi connectivity index (χ1n) is 5.08. The van der Waals surface area contributed by atoms with E-state index in [1.807, 2.05) is 18.3 Å². The molecule has 0 spiro atoms. The summed E-state index contributed by atoms with van der Waals surface area (Å²) in [7, 11) is 0. The van der Waals surface area contributed by atoms with E-state index in [0.717, 1.165) is 26.3 Å². The summed E-state index contributed by atoms with van der Waals surface area (Å²) in [5, 5.41) is 3.36. The Morgan fingerprint density at radius 2 is 2.21 bits per heavy atom. The Hall–Kier alpha value is -0.380. The predicted octanol–water partition coefficient (Wildman–Crippen LogP) is 2.49. The summed E-state index contributed by atoms with van der Waals surface area (Å²) < 4.78 is 5.24. The highest BCUT2D eigenvalue weighted by Crippen LogP contribution is 2.19. The molecule has 0 aliphatic heterocycles. The normalized spacial score (nSPS) is 10.8. The van der Waals surface area contributed by atoms with Crippen LogP contribution in [0.2, 0.25) is 0 Å². The molecule has 1 heterocycles. The van der Waals surface area contributed by atoms with Gasteiger partial charge in [-0.3, -0.25) is 0 Å². The first kappa shape index (κ1) is 11.7. The number of rotatable bonds is 6. The maximum absolute atomic E-state index is 5.24.